The summed E-state index contributed by atoms with van der Waals surface area (Å²) in [6.07, 6.45) is 62.2. The minimum atomic E-state index is -4.80. The first kappa shape index (κ1) is 59.6. The fourth-order valence-corrected chi connectivity index (χ4v) is 6.15. The van der Waals surface area contributed by atoms with Crippen molar-refractivity contribution in [3.63, 3.8) is 0 Å². The third-order valence-electron chi connectivity index (χ3n) is 8.95. The van der Waals surface area contributed by atoms with Crippen LogP contribution in [0.25, 0.3) is 0 Å². The van der Waals surface area contributed by atoms with Crippen molar-refractivity contribution < 1.29 is 47.8 Å². The normalized spacial score (nSPS) is 14.8. The number of aliphatic carboxylic acids is 1. The number of esters is 1. The van der Waals surface area contributed by atoms with E-state index in [1.807, 2.05) is 12.2 Å². The Morgan fingerprint density at radius 2 is 0.938 bits per heavy atom. The Kier molecular flexibility index (Phi) is 42.1. The van der Waals surface area contributed by atoms with Gasteiger partial charge in [0.1, 0.15) is 12.7 Å². The fraction of sp³-hybridized carbons (Fsp3) is 0.519. The summed E-state index contributed by atoms with van der Waals surface area (Å²) in [5.41, 5.74) is 0. The molecule has 3 unspecified atom stereocenters. The molecule has 0 spiro atoms. The van der Waals surface area contributed by atoms with Gasteiger partial charge in [0, 0.05) is 12.8 Å². The molecule has 11 nitrogen and oxygen atoms in total. The zero-order valence-corrected chi connectivity index (χ0v) is 39.7. The molecule has 0 rings (SSSR count). The molecule has 0 aliphatic carbocycles. The molecule has 0 aromatic heterocycles. The van der Waals surface area contributed by atoms with E-state index in [-0.39, 0.29) is 12.8 Å². The lowest BCUT2D eigenvalue weighted by Gasteiger charge is -2.18. The Hall–Kier alpha value is -4.38. The van der Waals surface area contributed by atoms with Crippen molar-refractivity contribution in [3.05, 3.63) is 134 Å². The van der Waals surface area contributed by atoms with Gasteiger partial charge < -0.3 is 25.2 Å². The molecule has 0 saturated carbocycles. The number of aliphatic hydroxyl groups excluding tert-OH is 1. The molecule has 0 aliphatic heterocycles. The highest BCUT2D eigenvalue weighted by Gasteiger charge is 2.28. The topological polar surface area (TPSA) is 169 Å². The molecule has 64 heavy (non-hydrogen) atoms. The molecule has 1 amide bonds. The maximum Gasteiger partial charge on any atom is 0.472 e. The zero-order valence-electron chi connectivity index (χ0n) is 38.8. The van der Waals surface area contributed by atoms with Gasteiger partial charge in [0.2, 0.25) is 5.91 Å². The summed E-state index contributed by atoms with van der Waals surface area (Å²) in [6.45, 7) is 2.33. The fourth-order valence-electron chi connectivity index (χ4n) is 5.38. The number of hydrogen-bond acceptors (Lipinski definition) is 8. The number of rotatable bonds is 41. The summed E-state index contributed by atoms with van der Waals surface area (Å²) in [5, 5.41) is 21.8. The van der Waals surface area contributed by atoms with Gasteiger partial charge in [-0.1, -0.05) is 167 Å². The van der Waals surface area contributed by atoms with Gasteiger partial charge in [-0.3, -0.25) is 18.6 Å². The Balaban J connectivity index is 4.09. The third kappa shape index (κ3) is 44.2. The van der Waals surface area contributed by atoms with Crippen molar-refractivity contribution in [3.8, 4) is 0 Å². The van der Waals surface area contributed by atoms with E-state index in [4.69, 9.17) is 13.8 Å². The van der Waals surface area contributed by atoms with Gasteiger partial charge in [-0.25, -0.2) is 9.36 Å². The minimum absolute atomic E-state index is 0.100. The first-order chi connectivity index (χ1) is 31.1. The molecule has 0 saturated heterocycles. The zero-order chi connectivity index (χ0) is 47.0. The van der Waals surface area contributed by atoms with Crippen LogP contribution in [0.4, 0.5) is 0 Å². The van der Waals surface area contributed by atoms with E-state index >= 15 is 0 Å². The minimum Gasteiger partial charge on any atom is -0.480 e. The lowest BCUT2D eigenvalue weighted by atomic mass is 10.1. The number of carboxylic acid groups (broad SMARTS) is 1. The van der Waals surface area contributed by atoms with E-state index in [1.165, 1.54) is 25.7 Å². The van der Waals surface area contributed by atoms with Gasteiger partial charge >= 0.3 is 19.8 Å². The van der Waals surface area contributed by atoms with Crippen LogP contribution in [0.5, 0.6) is 0 Å². The van der Waals surface area contributed by atoms with Crippen molar-refractivity contribution in [2.45, 2.75) is 154 Å². The molecule has 358 valence electrons. The Labute approximate surface area is 385 Å². The number of carboxylic acids is 1. The second kappa shape index (κ2) is 45.2. The van der Waals surface area contributed by atoms with Crippen LogP contribution in [-0.4, -0.2) is 64.9 Å². The molecule has 12 heteroatoms. The van der Waals surface area contributed by atoms with Crippen LogP contribution >= 0.6 is 7.82 Å². The summed E-state index contributed by atoms with van der Waals surface area (Å²) in [6, 6.07) is -1.62. The molecule has 3 atom stereocenters. The maximum absolute atomic E-state index is 12.3. The van der Waals surface area contributed by atoms with Gasteiger partial charge in [0.05, 0.1) is 13.2 Å². The van der Waals surface area contributed by atoms with Gasteiger partial charge in [-0.05, 0) is 96.3 Å². The van der Waals surface area contributed by atoms with Crippen molar-refractivity contribution in [1.29, 1.82) is 0 Å². The summed E-state index contributed by atoms with van der Waals surface area (Å²) in [4.78, 5) is 45.9. The monoisotopic (exact) mass is 910 g/mol. The van der Waals surface area contributed by atoms with Crippen molar-refractivity contribution in [2.75, 3.05) is 19.8 Å². The number of nitrogens with one attached hydrogen (secondary N) is 1. The summed E-state index contributed by atoms with van der Waals surface area (Å²) in [5.74, 6) is -2.60. The number of allylic oxidation sites excluding steroid dienone is 21. The van der Waals surface area contributed by atoms with Gasteiger partial charge in [0.25, 0.3) is 0 Å². The first-order valence-corrected chi connectivity index (χ1v) is 24.7. The smallest absolute Gasteiger partial charge is 0.472 e. The van der Waals surface area contributed by atoms with E-state index in [0.717, 1.165) is 77.0 Å². The standard InChI is InChI=1S/C52H80NO10P/c1-3-5-7-9-11-13-15-17-19-21-23-24-26-27-29-31-33-35-37-39-41-43-50(55)53-49(52(57)58)47-63-64(59,60)62-46-48(54)45-61-51(56)44-42-40-38-36-34-32-30-28-25-22-20-18-16-14-12-10-8-6-4-2/h5,7,11-14,17-20,23-25,27-29,32-35,39,41,48-49,54H,3-4,6,8-10,15-16,21-22,26,30-31,36-38,40,42-47H2,1-2H3,(H,53,55)(H,57,58)(H,59,60)/b7-5-,13-11-,14-12-,19-17-,20-18-,24-23-,28-25-,29-27-,34-32-,35-33-,41-39-. The molecule has 0 fully saturated rings. The van der Waals surface area contributed by atoms with Crippen molar-refractivity contribution >= 4 is 25.7 Å². The van der Waals surface area contributed by atoms with Gasteiger partial charge in [-0.2, -0.15) is 0 Å². The maximum atomic E-state index is 12.3. The SMILES string of the molecule is CC/C=C\C/C=C\C/C=C\C/C=C\C/C=C\C/C=C\C/C=C\CC(=O)NC(COP(=O)(O)OCC(O)COC(=O)CCCCC/C=C\C/C=C\C/C=C\C/C=C\CCCCC)C(=O)O. The number of hydrogen-bond donors (Lipinski definition) is 4. The average Bonchev–Trinajstić information content (AvgIpc) is 3.27. The quantitative estimate of drug-likeness (QED) is 0.0200. The van der Waals surface area contributed by atoms with Crippen LogP contribution in [-0.2, 0) is 32.7 Å². The lowest BCUT2D eigenvalue weighted by Crippen LogP contribution is -2.43. The second-order valence-electron chi connectivity index (χ2n) is 14.9. The molecule has 4 N–H and O–H groups in total. The van der Waals surface area contributed by atoms with Gasteiger partial charge in [0.15, 0.2) is 6.04 Å². The van der Waals surface area contributed by atoms with E-state index in [9.17, 15) is 34.1 Å². The third-order valence-corrected chi connectivity index (χ3v) is 9.90. The predicted octanol–water partition coefficient (Wildman–Crippen LogP) is 12.6. The first-order valence-electron chi connectivity index (χ1n) is 23.2. The number of unbranched alkanes of at least 4 members (excludes halogenated alkanes) is 6. The van der Waals surface area contributed by atoms with E-state index < -0.39 is 57.6 Å². The van der Waals surface area contributed by atoms with E-state index in [0.29, 0.717) is 12.8 Å². The number of phosphoric acid groups is 1. The number of carbonyl (C=O) groups excluding carboxylic acids is 2. The molecule has 0 aliphatic rings. The van der Waals surface area contributed by atoms with Gasteiger partial charge in [-0.15, -0.1) is 0 Å². The number of ether oxygens (including phenoxy) is 1. The van der Waals surface area contributed by atoms with E-state index in [1.54, 1.807) is 12.2 Å². The van der Waals surface area contributed by atoms with Crippen LogP contribution in [0.2, 0.25) is 0 Å². The molecule has 0 radical (unpaired) electrons. The highest BCUT2D eigenvalue weighted by atomic mass is 31.2. The Morgan fingerprint density at radius 3 is 1.38 bits per heavy atom. The van der Waals surface area contributed by atoms with Crippen LogP contribution in [0.15, 0.2) is 134 Å². The van der Waals surface area contributed by atoms with Crippen molar-refractivity contribution in [2.24, 2.45) is 0 Å². The summed E-state index contributed by atoms with van der Waals surface area (Å²) in [7, 11) is -4.80. The van der Waals surface area contributed by atoms with Crippen LogP contribution in [0.3, 0.4) is 0 Å². The molecule has 0 heterocycles. The Morgan fingerprint density at radius 1 is 0.531 bits per heavy atom. The van der Waals surface area contributed by atoms with Crippen LogP contribution in [0, 0.1) is 0 Å². The predicted molar refractivity (Wildman–Crippen MR) is 262 cm³/mol. The molecule has 0 aromatic rings. The summed E-state index contributed by atoms with van der Waals surface area (Å²) < 4.78 is 26.8. The highest BCUT2D eigenvalue weighted by molar-refractivity contribution is 7.47. The number of amides is 1. The molecule has 0 aromatic carbocycles. The largest absolute Gasteiger partial charge is 0.480 e. The van der Waals surface area contributed by atoms with Crippen molar-refractivity contribution in [1.82, 2.24) is 5.32 Å². The molecular formula is C52H80NO10P. The number of phosphoric ester groups is 1. The number of aliphatic hydroxyl groups is 1. The summed E-state index contributed by atoms with van der Waals surface area (Å²) >= 11 is 0. The molecular weight excluding hydrogens is 830 g/mol. The van der Waals surface area contributed by atoms with Crippen LogP contribution < -0.4 is 5.32 Å². The van der Waals surface area contributed by atoms with E-state index in [2.05, 4.69) is 129 Å². The Bertz CT molecular complexity index is 1580. The molecule has 0 bridgehead atoms. The average molecular weight is 910 g/mol. The highest BCUT2D eigenvalue weighted by Crippen LogP contribution is 2.43. The second-order valence-corrected chi connectivity index (χ2v) is 16.3. The number of carbonyl (C=O) groups is 3. The lowest BCUT2D eigenvalue weighted by molar-refractivity contribution is -0.147. The van der Waals surface area contributed by atoms with Crippen LogP contribution in [0.1, 0.15) is 142 Å².